The molecule has 0 saturated heterocycles. The van der Waals surface area contributed by atoms with Crippen LogP contribution in [0.1, 0.15) is 12.0 Å². The van der Waals surface area contributed by atoms with Gasteiger partial charge in [-0.2, -0.15) is 0 Å². The quantitative estimate of drug-likeness (QED) is 0.421. The van der Waals surface area contributed by atoms with Crippen LogP contribution in [0.25, 0.3) is 0 Å². The minimum absolute atomic E-state index is 0. The molecule has 0 aromatic heterocycles. The van der Waals surface area contributed by atoms with Gasteiger partial charge in [0.1, 0.15) is 0 Å². The molecule has 0 bridgehead atoms. The van der Waals surface area contributed by atoms with Crippen molar-refractivity contribution in [2.24, 2.45) is 0 Å². The summed E-state index contributed by atoms with van der Waals surface area (Å²) < 4.78 is 25.7. The van der Waals surface area contributed by atoms with Crippen LogP contribution in [0, 0.1) is 0 Å². The molecule has 0 unspecified atom stereocenters. The van der Waals surface area contributed by atoms with Gasteiger partial charge in [0.25, 0.3) is 0 Å². The van der Waals surface area contributed by atoms with Gasteiger partial charge >= 0.3 is 0 Å². The highest BCUT2D eigenvalue weighted by atomic mass is 127. The third kappa shape index (κ3) is 8.99. The second kappa shape index (κ2) is 7.95. The number of quaternary nitrogens is 1. The Bertz CT molecular complexity index is 480. The van der Waals surface area contributed by atoms with Gasteiger partial charge in [0.15, 0.2) is 9.84 Å². The molecule has 1 aromatic carbocycles. The van der Waals surface area contributed by atoms with Gasteiger partial charge in [-0.05, 0) is 17.7 Å². The molecule has 1 rings (SSSR count). The molecule has 0 aliphatic rings. The van der Waals surface area contributed by atoms with Crippen molar-refractivity contribution in [3.05, 3.63) is 34.3 Å². The van der Waals surface area contributed by atoms with Crippen LogP contribution >= 0.6 is 15.9 Å². The summed E-state index contributed by atoms with van der Waals surface area (Å²) in [6.07, 6.45) is 0.711. The number of halogens is 2. The second-order valence-electron chi connectivity index (χ2n) is 5.59. The maximum absolute atomic E-state index is 12.0. The van der Waals surface area contributed by atoms with Crippen LogP contribution < -0.4 is 24.0 Å². The standard InChI is InChI=1S/C13H21BrNO2S.HI/c1-15(2,3)9-4-10-18(16,17)11-12-5-7-13(14)8-6-12;/h5-8H,4,9-11H2,1-3H3;1H/q+1;/p-1. The number of rotatable bonds is 6. The largest absolute Gasteiger partial charge is 1.00 e. The Morgan fingerprint density at radius 2 is 1.63 bits per heavy atom. The Labute approximate surface area is 142 Å². The predicted molar refractivity (Wildman–Crippen MR) is 79.1 cm³/mol. The highest BCUT2D eigenvalue weighted by molar-refractivity contribution is 9.10. The number of nitrogens with zero attached hydrogens (tertiary/aromatic N) is 1. The third-order valence-corrected chi connectivity index (χ3v) is 4.80. The SMILES string of the molecule is C[N+](C)(C)CCCS(=O)(=O)Cc1ccc(Br)cc1.[I-]. The Morgan fingerprint density at radius 3 is 2.11 bits per heavy atom. The molecular formula is C13H21BrINO2S. The molecule has 1 aromatic rings. The molecule has 6 heteroatoms. The lowest BCUT2D eigenvalue weighted by Crippen LogP contribution is -3.00. The molecule has 0 fully saturated rings. The Balaban J connectivity index is 0.00000324. The number of hydrogen-bond acceptors (Lipinski definition) is 2. The van der Waals surface area contributed by atoms with E-state index >= 15 is 0 Å². The zero-order valence-corrected chi connectivity index (χ0v) is 16.1. The molecule has 0 heterocycles. The first-order valence-corrected chi connectivity index (χ1v) is 8.55. The molecular weight excluding hydrogens is 441 g/mol. The molecule has 3 nitrogen and oxygen atoms in total. The van der Waals surface area contributed by atoms with Crippen molar-refractivity contribution >= 4 is 25.8 Å². The van der Waals surface area contributed by atoms with E-state index in [1.54, 1.807) is 0 Å². The highest BCUT2D eigenvalue weighted by Gasteiger charge is 2.14. The lowest BCUT2D eigenvalue weighted by molar-refractivity contribution is -0.870. The molecule has 0 amide bonds. The molecule has 0 saturated carbocycles. The van der Waals surface area contributed by atoms with Crippen molar-refractivity contribution in [3.63, 3.8) is 0 Å². The maximum atomic E-state index is 12.0. The summed E-state index contributed by atoms with van der Waals surface area (Å²) in [5.74, 6) is 0.399. The lowest BCUT2D eigenvalue weighted by Gasteiger charge is -2.23. The van der Waals surface area contributed by atoms with Crippen LogP contribution in [0.2, 0.25) is 0 Å². The minimum Gasteiger partial charge on any atom is -1.00 e. The van der Waals surface area contributed by atoms with E-state index in [0.29, 0.717) is 6.42 Å². The molecule has 0 atom stereocenters. The Hall–Kier alpha value is 0.340. The van der Waals surface area contributed by atoms with Gasteiger partial charge in [-0.1, -0.05) is 28.1 Å². The van der Waals surface area contributed by atoms with E-state index in [0.717, 1.165) is 21.1 Å². The summed E-state index contributed by atoms with van der Waals surface area (Å²) in [5, 5.41) is 0. The molecule has 0 spiro atoms. The van der Waals surface area contributed by atoms with Crippen molar-refractivity contribution in [2.45, 2.75) is 12.2 Å². The van der Waals surface area contributed by atoms with Crippen LogP contribution in [0.15, 0.2) is 28.7 Å². The van der Waals surface area contributed by atoms with E-state index < -0.39 is 9.84 Å². The Kier molecular flexibility index (Phi) is 8.09. The van der Waals surface area contributed by atoms with Crippen molar-refractivity contribution in [2.75, 3.05) is 33.4 Å². The predicted octanol–water partition coefficient (Wildman–Crippen LogP) is -0.536. The summed E-state index contributed by atoms with van der Waals surface area (Å²) in [7, 11) is 3.22. The summed E-state index contributed by atoms with van der Waals surface area (Å²) >= 11 is 3.34. The molecule has 19 heavy (non-hydrogen) atoms. The average Bonchev–Trinajstić information content (AvgIpc) is 2.18. The van der Waals surface area contributed by atoms with E-state index in [1.165, 1.54) is 0 Å². The number of hydrogen-bond donors (Lipinski definition) is 0. The summed E-state index contributed by atoms with van der Waals surface area (Å²) in [6.45, 7) is 0.875. The van der Waals surface area contributed by atoms with Gasteiger partial charge < -0.3 is 28.5 Å². The smallest absolute Gasteiger partial charge is 0.154 e. The highest BCUT2D eigenvalue weighted by Crippen LogP contribution is 2.13. The fraction of sp³-hybridized carbons (Fsp3) is 0.538. The zero-order valence-electron chi connectivity index (χ0n) is 11.6. The van der Waals surface area contributed by atoms with Crippen LogP contribution in [-0.4, -0.2) is 46.3 Å². The zero-order chi connectivity index (χ0) is 13.8. The van der Waals surface area contributed by atoms with E-state index in [-0.39, 0.29) is 35.5 Å². The molecule has 110 valence electrons. The van der Waals surface area contributed by atoms with Crippen LogP contribution in [0.4, 0.5) is 0 Å². The van der Waals surface area contributed by atoms with Gasteiger partial charge in [0.05, 0.1) is 39.2 Å². The fourth-order valence-corrected chi connectivity index (χ4v) is 3.34. The summed E-state index contributed by atoms with van der Waals surface area (Å²) in [6, 6.07) is 7.44. The van der Waals surface area contributed by atoms with E-state index in [4.69, 9.17) is 0 Å². The average molecular weight is 462 g/mol. The fourth-order valence-electron chi connectivity index (χ4n) is 1.67. The van der Waals surface area contributed by atoms with E-state index in [1.807, 2.05) is 24.3 Å². The van der Waals surface area contributed by atoms with E-state index in [2.05, 4.69) is 37.1 Å². The first kappa shape index (κ1) is 19.3. The van der Waals surface area contributed by atoms with Gasteiger partial charge in [0, 0.05) is 10.9 Å². The minimum atomic E-state index is -3.00. The molecule has 0 aliphatic carbocycles. The summed E-state index contributed by atoms with van der Waals surface area (Å²) in [4.78, 5) is 0. The second-order valence-corrected chi connectivity index (χ2v) is 8.69. The van der Waals surface area contributed by atoms with Gasteiger partial charge in [-0.3, -0.25) is 0 Å². The van der Waals surface area contributed by atoms with Gasteiger partial charge in [-0.15, -0.1) is 0 Å². The summed E-state index contributed by atoms with van der Waals surface area (Å²) in [5.41, 5.74) is 0.850. The number of sulfone groups is 1. The van der Waals surface area contributed by atoms with Crippen molar-refractivity contribution < 1.29 is 36.9 Å². The van der Waals surface area contributed by atoms with Gasteiger partial charge in [0.2, 0.25) is 0 Å². The molecule has 0 N–H and O–H groups in total. The first-order chi connectivity index (χ1) is 8.18. The van der Waals surface area contributed by atoms with Crippen molar-refractivity contribution in [1.82, 2.24) is 0 Å². The topological polar surface area (TPSA) is 34.1 Å². The van der Waals surface area contributed by atoms with Crippen molar-refractivity contribution in [3.8, 4) is 0 Å². The monoisotopic (exact) mass is 461 g/mol. The van der Waals surface area contributed by atoms with Crippen LogP contribution in [0.5, 0.6) is 0 Å². The van der Waals surface area contributed by atoms with Crippen LogP contribution in [0.3, 0.4) is 0 Å². The third-order valence-electron chi connectivity index (χ3n) is 2.58. The maximum Gasteiger partial charge on any atom is 0.154 e. The lowest BCUT2D eigenvalue weighted by atomic mass is 10.2. The van der Waals surface area contributed by atoms with Crippen molar-refractivity contribution in [1.29, 1.82) is 0 Å². The normalized spacial score (nSPS) is 12.0. The van der Waals surface area contributed by atoms with E-state index in [9.17, 15) is 8.42 Å². The first-order valence-electron chi connectivity index (χ1n) is 5.93. The van der Waals surface area contributed by atoms with Gasteiger partial charge in [-0.25, -0.2) is 8.42 Å². The van der Waals surface area contributed by atoms with Crippen LogP contribution in [-0.2, 0) is 15.6 Å². The number of benzene rings is 1. The molecule has 0 radical (unpaired) electrons. The molecule has 0 aliphatic heterocycles. The Morgan fingerprint density at radius 1 is 1.11 bits per heavy atom.